The van der Waals surface area contributed by atoms with E-state index in [1.807, 2.05) is 25.1 Å². The fourth-order valence-electron chi connectivity index (χ4n) is 2.17. The summed E-state index contributed by atoms with van der Waals surface area (Å²) in [7, 11) is 1.60. The lowest BCUT2D eigenvalue weighted by atomic mass is 9.98. The number of nitrogens with one attached hydrogen (secondary N) is 1. The van der Waals surface area contributed by atoms with E-state index in [0.717, 1.165) is 21.9 Å². The highest BCUT2D eigenvalue weighted by atomic mass is 79.9. The Morgan fingerprint density at radius 1 is 1.14 bits per heavy atom. The first-order valence-corrected chi connectivity index (χ1v) is 7.38. The summed E-state index contributed by atoms with van der Waals surface area (Å²) in [5.74, 6) is -0.964. The van der Waals surface area contributed by atoms with Crippen molar-refractivity contribution >= 4 is 15.9 Å². The lowest BCUT2D eigenvalue weighted by molar-refractivity contribution is 0.414. The van der Waals surface area contributed by atoms with Crippen LogP contribution < -0.4 is 10.1 Å². The molecule has 0 spiro atoms. The predicted octanol–water partition coefficient (Wildman–Crippen LogP) is 4.43. The Morgan fingerprint density at radius 2 is 1.90 bits per heavy atom. The van der Waals surface area contributed by atoms with Gasteiger partial charge in [-0.2, -0.15) is 0 Å². The van der Waals surface area contributed by atoms with Gasteiger partial charge >= 0.3 is 0 Å². The Labute approximate surface area is 131 Å². The van der Waals surface area contributed by atoms with Crippen molar-refractivity contribution in [2.75, 3.05) is 13.7 Å². The van der Waals surface area contributed by atoms with Gasteiger partial charge in [-0.3, -0.25) is 0 Å². The van der Waals surface area contributed by atoms with E-state index in [1.165, 1.54) is 6.07 Å². The monoisotopic (exact) mass is 355 g/mol. The van der Waals surface area contributed by atoms with Crippen LogP contribution in [0.25, 0.3) is 0 Å². The number of methoxy groups -OCH3 is 1. The van der Waals surface area contributed by atoms with Crippen molar-refractivity contribution in [2.24, 2.45) is 0 Å². The van der Waals surface area contributed by atoms with Gasteiger partial charge in [-0.15, -0.1) is 0 Å². The Morgan fingerprint density at radius 3 is 2.48 bits per heavy atom. The molecule has 1 unspecified atom stereocenters. The average molecular weight is 356 g/mol. The maximum absolute atomic E-state index is 13.5. The highest BCUT2D eigenvalue weighted by Gasteiger charge is 2.18. The van der Waals surface area contributed by atoms with Gasteiger partial charge in [0.2, 0.25) is 0 Å². The molecule has 2 aromatic carbocycles. The van der Waals surface area contributed by atoms with Crippen LogP contribution in [0.2, 0.25) is 0 Å². The van der Waals surface area contributed by atoms with E-state index in [4.69, 9.17) is 4.74 Å². The molecule has 0 saturated heterocycles. The zero-order valence-electron chi connectivity index (χ0n) is 11.8. The predicted molar refractivity (Wildman–Crippen MR) is 82.6 cm³/mol. The minimum absolute atomic E-state index is 0.231. The van der Waals surface area contributed by atoms with E-state index < -0.39 is 11.6 Å². The summed E-state index contributed by atoms with van der Waals surface area (Å²) in [6, 6.07) is 9.31. The van der Waals surface area contributed by atoms with Crippen molar-refractivity contribution in [2.45, 2.75) is 13.0 Å². The minimum Gasteiger partial charge on any atom is -0.497 e. The highest BCUT2D eigenvalue weighted by Crippen LogP contribution is 2.32. The van der Waals surface area contributed by atoms with Crippen LogP contribution in [0.5, 0.6) is 5.75 Å². The number of hydrogen-bond acceptors (Lipinski definition) is 2. The van der Waals surface area contributed by atoms with E-state index >= 15 is 0 Å². The molecule has 1 N–H and O–H groups in total. The summed E-state index contributed by atoms with van der Waals surface area (Å²) in [5, 5.41) is 3.28. The van der Waals surface area contributed by atoms with Gasteiger partial charge in [-0.25, -0.2) is 8.78 Å². The standard InChI is InChI=1S/C16H16BrF2NO/c1-3-20-16(10-4-7-14(18)15(19)8-10)12-6-5-11(21-2)9-13(12)17/h4-9,16,20H,3H2,1-2H3. The van der Waals surface area contributed by atoms with Gasteiger partial charge in [0.1, 0.15) is 5.75 Å². The van der Waals surface area contributed by atoms with Crippen molar-refractivity contribution in [1.29, 1.82) is 0 Å². The Kier molecular flexibility index (Phi) is 5.31. The molecule has 0 aliphatic carbocycles. The van der Waals surface area contributed by atoms with Crippen molar-refractivity contribution < 1.29 is 13.5 Å². The molecule has 0 saturated carbocycles. The van der Waals surface area contributed by atoms with Crippen LogP contribution in [0.3, 0.4) is 0 Å². The van der Waals surface area contributed by atoms with Gasteiger partial charge in [-0.05, 0) is 41.9 Å². The maximum atomic E-state index is 13.5. The molecule has 0 bridgehead atoms. The largest absolute Gasteiger partial charge is 0.497 e. The summed E-state index contributed by atoms with van der Waals surface area (Å²) >= 11 is 3.50. The van der Waals surface area contributed by atoms with Crippen LogP contribution in [-0.4, -0.2) is 13.7 Å². The molecule has 0 radical (unpaired) electrons. The van der Waals surface area contributed by atoms with Crippen LogP contribution in [0, 0.1) is 11.6 Å². The van der Waals surface area contributed by atoms with Crippen molar-refractivity contribution in [1.82, 2.24) is 5.32 Å². The Balaban J connectivity index is 2.45. The van der Waals surface area contributed by atoms with Crippen molar-refractivity contribution in [3.05, 3.63) is 63.6 Å². The Hall–Kier alpha value is -1.46. The number of hydrogen-bond donors (Lipinski definition) is 1. The maximum Gasteiger partial charge on any atom is 0.159 e. The molecule has 1 atom stereocenters. The quantitative estimate of drug-likeness (QED) is 0.856. The van der Waals surface area contributed by atoms with E-state index in [1.54, 1.807) is 13.2 Å². The number of halogens is 3. The zero-order valence-corrected chi connectivity index (χ0v) is 13.4. The topological polar surface area (TPSA) is 21.3 Å². The molecule has 2 nitrogen and oxygen atoms in total. The van der Waals surface area contributed by atoms with Gasteiger partial charge in [0.25, 0.3) is 0 Å². The van der Waals surface area contributed by atoms with Crippen molar-refractivity contribution in [3.63, 3.8) is 0 Å². The van der Waals surface area contributed by atoms with Gasteiger partial charge in [0.15, 0.2) is 11.6 Å². The normalized spacial score (nSPS) is 12.2. The highest BCUT2D eigenvalue weighted by molar-refractivity contribution is 9.10. The fraction of sp³-hybridized carbons (Fsp3) is 0.250. The number of ether oxygens (including phenoxy) is 1. The second-order valence-corrected chi connectivity index (χ2v) is 5.41. The lowest BCUT2D eigenvalue weighted by Gasteiger charge is -2.21. The molecule has 0 fully saturated rings. The molecule has 0 amide bonds. The van der Waals surface area contributed by atoms with Crippen LogP contribution in [0.1, 0.15) is 24.1 Å². The first-order chi connectivity index (χ1) is 10.1. The van der Waals surface area contributed by atoms with Crippen LogP contribution in [0.4, 0.5) is 8.78 Å². The molecule has 2 rings (SSSR count). The van der Waals surface area contributed by atoms with E-state index in [2.05, 4.69) is 21.2 Å². The molecule has 0 aliphatic heterocycles. The van der Waals surface area contributed by atoms with Gasteiger partial charge in [-0.1, -0.05) is 35.0 Å². The number of benzene rings is 2. The smallest absolute Gasteiger partial charge is 0.159 e. The minimum atomic E-state index is -0.847. The van der Waals surface area contributed by atoms with Gasteiger partial charge < -0.3 is 10.1 Å². The third kappa shape index (κ3) is 3.60. The SMILES string of the molecule is CCNC(c1ccc(F)c(F)c1)c1ccc(OC)cc1Br. The van der Waals surface area contributed by atoms with Crippen LogP contribution in [0.15, 0.2) is 40.9 Å². The fourth-order valence-corrected chi connectivity index (χ4v) is 2.76. The third-order valence-corrected chi connectivity index (χ3v) is 3.89. The molecule has 21 heavy (non-hydrogen) atoms. The summed E-state index contributed by atoms with van der Waals surface area (Å²) in [4.78, 5) is 0. The van der Waals surface area contributed by atoms with Crippen LogP contribution in [-0.2, 0) is 0 Å². The second-order valence-electron chi connectivity index (χ2n) is 4.55. The summed E-state index contributed by atoms with van der Waals surface area (Å²) in [5.41, 5.74) is 1.60. The molecular weight excluding hydrogens is 340 g/mol. The molecule has 2 aromatic rings. The first-order valence-electron chi connectivity index (χ1n) is 6.58. The first kappa shape index (κ1) is 15.9. The zero-order chi connectivity index (χ0) is 15.4. The Bertz CT molecular complexity index is 634. The average Bonchev–Trinajstić information content (AvgIpc) is 2.48. The number of rotatable bonds is 5. The van der Waals surface area contributed by atoms with Gasteiger partial charge in [0, 0.05) is 4.47 Å². The lowest BCUT2D eigenvalue weighted by Crippen LogP contribution is -2.22. The molecule has 0 aliphatic rings. The van der Waals surface area contributed by atoms with Crippen molar-refractivity contribution in [3.8, 4) is 5.75 Å². The van der Waals surface area contributed by atoms with Gasteiger partial charge in [0.05, 0.1) is 13.2 Å². The molecule has 5 heteroatoms. The molecular formula is C16H16BrF2NO. The molecule has 0 heterocycles. The molecule has 0 aromatic heterocycles. The third-order valence-electron chi connectivity index (χ3n) is 3.20. The van der Waals surface area contributed by atoms with E-state index in [-0.39, 0.29) is 6.04 Å². The summed E-state index contributed by atoms with van der Waals surface area (Å²) < 4.78 is 32.6. The second kappa shape index (κ2) is 7.00. The van der Waals surface area contributed by atoms with Crippen LogP contribution >= 0.6 is 15.9 Å². The molecule has 112 valence electrons. The van der Waals surface area contributed by atoms with E-state index in [0.29, 0.717) is 12.1 Å². The summed E-state index contributed by atoms with van der Waals surface area (Å²) in [6.07, 6.45) is 0. The summed E-state index contributed by atoms with van der Waals surface area (Å²) in [6.45, 7) is 2.66. The van der Waals surface area contributed by atoms with E-state index in [9.17, 15) is 8.78 Å².